The molecule has 5 heteroatoms. The summed E-state index contributed by atoms with van der Waals surface area (Å²) in [5.74, 6) is -1.04. The topological polar surface area (TPSA) is 76.2 Å². The third kappa shape index (κ3) is 2.91. The van der Waals surface area contributed by atoms with Crippen LogP contribution in [0.2, 0.25) is 0 Å². The predicted octanol–water partition coefficient (Wildman–Crippen LogP) is 1.27. The first-order valence-electron chi connectivity index (χ1n) is 3.55. The van der Waals surface area contributed by atoms with Crippen molar-refractivity contribution in [2.24, 2.45) is 0 Å². The van der Waals surface area contributed by atoms with Crippen molar-refractivity contribution in [3.05, 3.63) is 23.9 Å². The van der Waals surface area contributed by atoms with Gasteiger partial charge in [0.1, 0.15) is 5.82 Å². The van der Waals surface area contributed by atoms with Crippen molar-refractivity contribution in [3.63, 3.8) is 0 Å². The normalized spacial score (nSPS) is 11.5. The number of carboxylic acids is 1. The molecule has 0 saturated carbocycles. The minimum Gasteiger partial charge on any atom is -0.481 e. The molecule has 0 saturated heterocycles. The number of anilines is 1. The van der Waals surface area contributed by atoms with Crippen LogP contribution in [0.15, 0.2) is 18.3 Å². The Labute approximate surface area is 82.2 Å². The second-order valence-corrected chi connectivity index (χ2v) is 2.57. The molecule has 0 aromatic carbocycles. The van der Waals surface area contributed by atoms with Crippen molar-refractivity contribution in [1.29, 1.82) is 0 Å². The van der Waals surface area contributed by atoms with Crippen LogP contribution in [-0.2, 0) is 4.79 Å². The zero-order valence-corrected chi connectivity index (χ0v) is 7.91. The first kappa shape index (κ1) is 11.7. The lowest BCUT2D eigenvalue weighted by molar-refractivity contribution is -0.138. The molecule has 0 aliphatic carbocycles. The van der Waals surface area contributed by atoms with Gasteiger partial charge in [-0.15, -0.1) is 12.4 Å². The fourth-order valence-corrected chi connectivity index (χ4v) is 0.877. The number of rotatable bonds is 2. The van der Waals surface area contributed by atoms with Gasteiger partial charge in [-0.3, -0.25) is 4.79 Å². The summed E-state index contributed by atoms with van der Waals surface area (Å²) in [5.41, 5.74) is 6.07. The van der Waals surface area contributed by atoms with E-state index in [-0.39, 0.29) is 12.4 Å². The molecule has 4 nitrogen and oxygen atoms in total. The van der Waals surface area contributed by atoms with E-state index in [1.165, 1.54) is 6.20 Å². The molecule has 1 unspecified atom stereocenters. The number of hydrogen-bond donors (Lipinski definition) is 2. The van der Waals surface area contributed by atoms with Gasteiger partial charge >= 0.3 is 5.97 Å². The van der Waals surface area contributed by atoms with Crippen molar-refractivity contribution < 1.29 is 9.90 Å². The molecule has 0 aliphatic heterocycles. The van der Waals surface area contributed by atoms with Gasteiger partial charge in [-0.05, 0) is 24.6 Å². The van der Waals surface area contributed by atoms with Crippen LogP contribution in [-0.4, -0.2) is 16.1 Å². The lowest BCUT2D eigenvalue weighted by atomic mass is 10.0. The van der Waals surface area contributed by atoms with E-state index in [1.54, 1.807) is 19.1 Å². The molecule has 3 N–H and O–H groups in total. The Hall–Kier alpha value is -1.29. The van der Waals surface area contributed by atoms with E-state index in [0.717, 1.165) is 0 Å². The van der Waals surface area contributed by atoms with Gasteiger partial charge in [0, 0.05) is 6.20 Å². The number of nitrogen functional groups attached to an aromatic ring is 1. The van der Waals surface area contributed by atoms with Gasteiger partial charge < -0.3 is 10.8 Å². The van der Waals surface area contributed by atoms with Crippen LogP contribution in [0.3, 0.4) is 0 Å². The zero-order valence-electron chi connectivity index (χ0n) is 7.10. The number of aliphatic carboxylic acids is 1. The molecule has 0 bridgehead atoms. The standard InChI is InChI=1S/C8H10N2O2.ClH/c1-5(8(11)12)6-2-3-10-7(9)4-6;/h2-5H,1H3,(H2,9,10)(H,11,12);1H. The summed E-state index contributed by atoms with van der Waals surface area (Å²) in [7, 11) is 0. The van der Waals surface area contributed by atoms with Crippen LogP contribution in [0.25, 0.3) is 0 Å². The third-order valence-corrected chi connectivity index (χ3v) is 1.68. The van der Waals surface area contributed by atoms with Gasteiger partial charge in [0.25, 0.3) is 0 Å². The molecule has 72 valence electrons. The van der Waals surface area contributed by atoms with E-state index in [0.29, 0.717) is 11.4 Å². The fourth-order valence-electron chi connectivity index (χ4n) is 0.877. The second kappa shape index (κ2) is 4.67. The highest BCUT2D eigenvalue weighted by Crippen LogP contribution is 2.15. The smallest absolute Gasteiger partial charge is 0.310 e. The monoisotopic (exact) mass is 202 g/mol. The highest BCUT2D eigenvalue weighted by Gasteiger charge is 2.13. The number of carboxylic acid groups (broad SMARTS) is 1. The van der Waals surface area contributed by atoms with Crippen molar-refractivity contribution in [2.75, 3.05) is 5.73 Å². The van der Waals surface area contributed by atoms with Gasteiger partial charge in [-0.1, -0.05) is 0 Å². The highest BCUT2D eigenvalue weighted by atomic mass is 35.5. The number of aromatic nitrogens is 1. The maximum Gasteiger partial charge on any atom is 0.310 e. The van der Waals surface area contributed by atoms with Gasteiger partial charge in [-0.2, -0.15) is 0 Å². The van der Waals surface area contributed by atoms with Gasteiger partial charge in [0.15, 0.2) is 0 Å². The third-order valence-electron chi connectivity index (χ3n) is 1.68. The van der Waals surface area contributed by atoms with E-state index < -0.39 is 11.9 Å². The molecule has 0 fully saturated rings. The molecule has 0 amide bonds. The maximum absolute atomic E-state index is 10.5. The van der Waals surface area contributed by atoms with Crippen LogP contribution in [0, 0.1) is 0 Å². The lowest BCUT2D eigenvalue weighted by Crippen LogP contribution is -2.07. The predicted molar refractivity (Wildman–Crippen MR) is 51.9 cm³/mol. The van der Waals surface area contributed by atoms with Crippen LogP contribution < -0.4 is 5.73 Å². The molecule has 0 aliphatic rings. The number of halogens is 1. The number of nitrogens with zero attached hydrogens (tertiary/aromatic N) is 1. The van der Waals surface area contributed by atoms with Crippen molar-refractivity contribution >= 4 is 24.2 Å². The second-order valence-electron chi connectivity index (χ2n) is 2.57. The summed E-state index contributed by atoms with van der Waals surface area (Å²) in [6, 6.07) is 3.22. The molecular formula is C8H11ClN2O2. The average Bonchev–Trinajstić information content (AvgIpc) is 2.03. The van der Waals surface area contributed by atoms with Gasteiger partial charge in [-0.25, -0.2) is 4.98 Å². The summed E-state index contributed by atoms with van der Waals surface area (Å²) in [6.07, 6.45) is 1.50. The molecule has 13 heavy (non-hydrogen) atoms. The molecule has 1 atom stereocenters. The highest BCUT2D eigenvalue weighted by molar-refractivity contribution is 5.85. The summed E-state index contributed by atoms with van der Waals surface area (Å²) in [5, 5.41) is 8.67. The number of nitrogens with two attached hydrogens (primary N) is 1. The quantitative estimate of drug-likeness (QED) is 0.758. The van der Waals surface area contributed by atoms with Crippen LogP contribution in [0.1, 0.15) is 18.4 Å². The van der Waals surface area contributed by atoms with Crippen molar-refractivity contribution in [1.82, 2.24) is 4.98 Å². The molecule has 0 spiro atoms. The Bertz CT molecular complexity index is 304. The zero-order chi connectivity index (χ0) is 9.14. The summed E-state index contributed by atoms with van der Waals surface area (Å²) in [4.78, 5) is 14.3. The van der Waals surface area contributed by atoms with Crippen molar-refractivity contribution in [2.45, 2.75) is 12.8 Å². The van der Waals surface area contributed by atoms with Crippen LogP contribution in [0.5, 0.6) is 0 Å². The Morgan fingerprint density at radius 3 is 2.77 bits per heavy atom. The van der Waals surface area contributed by atoms with E-state index in [1.807, 2.05) is 0 Å². The molecule has 1 rings (SSSR count). The Kier molecular flexibility index (Phi) is 4.20. The van der Waals surface area contributed by atoms with E-state index in [4.69, 9.17) is 10.8 Å². The van der Waals surface area contributed by atoms with Gasteiger partial charge in [0.2, 0.25) is 0 Å². The molecule has 0 radical (unpaired) electrons. The first-order valence-corrected chi connectivity index (χ1v) is 3.55. The van der Waals surface area contributed by atoms with Crippen molar-refractivity contribution in [3.8, 4) is 0 Å². The Morgan fingerprint density at radius 2 is 2.31 bits per heavy atom. The number of hydrogen-bond acceptors (Lipinski definition) is 3. The van der Waals surface area contributed by atoms with E-state index in [9.17, 15) is 4.79 Å². The minimum absolute atomic E-state index is 0. The van der Waals surface area contributed by atoms with Crippen LogP contribution in [0.4, 0.5) is 5.82 Å². The SMILES string of the molecule is CC(C(=O)O)c1ccnc(N)c1.Cl. The summed E-state index contributed by atoms with van der Waals surface area (Å²) >= 11 is 0. The largest absolute Gasteiger partial charge is 0.481 e. The lowest BCUT2D eigenvalue weighted by Gasteiger charge is -2.05. The maximum atomic E-state index is 10.5. The minimum atomic E-state index is -0.861. The van der Waals surface area contributed by atoms with E-state index in [2.05, 4.69) is 4.98 Å². The Balaban J connectivity index is 0.00000144. The number of carbonyl (C=O) groups is 1. The number of pyridine rings is 1. The molecule has 1 aromatic heterocycles. The molecule has 1 aromatic rings. The molecular weight excluding hydrogens is 192 g/mol. The fraction of sp³-hybridized carbons (Fsp3) is 0.250. The first-order chi connectivity index (χ1) is 5.61. The summed E-state index contributed by atoms with van der Waals surface area (Å²) in [6.45, 7) is 1.61. The Morgan fingerprint density at radius 1 is 1.69 bits per heavy atom. The summed E-state index contributed by atoms with van der Waals surface area (Å²) < 4.78 is 0. The average molecular weight is 203 g/mol. The van der Waals surface area contributed by atoms with E-state index >= 15 is 0 Å². The molecule has 1 heterocycles. The van der Waals surface area contributed by atoms with Gasteiger partial charge in [0.05, 0.1) is 5.92 Å². The van der Waals surface area contributed by atoms with Crippen LogP contribution >= 0.6 is 12.4 Å².